The molecule has 2 saturated heterocycles. The third-order valence-electron chi connectivity index (χ3n) is 4.04. The van der Waals surface area contributed by atoms with Crippen molar-refractivity contribution >= 4 is 34.6 Å². The Morgan fingerprint density at radius 2 is 1.82 bits per heavy atom. The molecule has 8 heteroatoms. The molecular weight excluding hydrogens is 298 g/mol. The molecular formula is C14H19N7S. The Morgan fingerprint density at radius 1 is 1.00 bits per heavy atom. The molecule has 7 nitrogen and oxygen atoms in total. The third-order valence-corrected chi connectivity index (χ3v) is 4.98. The number of anilines is 2. The normalized spacial score (nSPS) is 19.6. The number of hydrogen-bond acceptors (Lipinski definition) is 8. The zero-order valence-electron chi connectivity index (χ0n) is 12.4. The summed E-state index contributed by atoms with van der Waals surface area (Å²) in [4.78, 5) is 22.7. The Balaban J connectivity index is 1.78. The summed E-state index contributed by atoms with van der Waals surface area (Å²) in [6.07, 6.45) is 3.37. The van der Waals surface area contributed by atoms with Crippen LogP contribution in [0.2, 0.25) is 0 Å². The van der Waals surface area contributed by atoms with E-state index in [0.29, 0.717) is 0 Å². The zero-order valence-corrected chi connectivity index (χ0v) is 13.2. The van der Waals surface area contributed by atoms with Gasteiger partial charge in [-0.1, -0.05) is 0 Å². The highest BCUT2D eigenvalue weighted by molar-refractivity contribution is 7.99. The van der Waals surface area contributed by atoms with E-state index in [0.717, 1.165) is 73.6 Å². The van der Waals surface area contributed by atoms with Crippen LogP contribution in [0, 0.1) is 0 Å². The lowest BCUT2D eigenvalue weighted by molar-refractivity contribution is 0.580. The van der Waals surface area contributed by atoms with Gasteiger partial charge in [0, 0.05) is 50.8 Å². The van der Waals surface area contributed by atoms with Crippen molar-refractivity contribution in [3.8, 4) is 0 Å². The van der Waals surface area contributed by atoms with Crippen molar-refractivity contribution in [2.24, 2.45) is 0 Å². The third kappa shape index (κ3) is 2.68. The lowest BCUT2D eigenvalue weighted by Gasteiger charge is -2.31. The maximum absolute atomic E-state index is 4.86. The van der Waals surface area contributed by atoms with Crippen LogP contribution in [0.15, 0.2) is 12.5 Å². The minimum atomic E-state index is 0.803. The van der Waals surface area contributed by atoms with Gasteiger partial charge in [0.15, 0.2) is 5.82 Å². The van der Waals surface area contributed by atoms with Crippen molar-refractivity contribution in [1.82, 2.24) is 25.3 Å². The highest BCUT2D eigenvalue weighted by atomic mass is 32.2. The minimum Gasteiger partial charge on any atom is -0.353 e. The summed E-state index contributed by atoms with van der Waals surface area (Å²) in [5.41, 5.74) is 1.69. The van der Waals surface area contributed by atoms with Gasteiger partial charge in [-0.05, 0) is 0 Å². The molecule has 4 rings (SSSR count). The predicted octanol–water partition coefficient (Wildman–Crippen LogP) is 0.383. The van der Waals surface area contributed by atoms with Gasteiger partial charge in [-0.25, -0.2) is 15.0 Å². The topological polar surface area (TPSA) is 70.1 Å². The van der Waals surface area contributed by atoms with E-state index in [9.17, 15) is 0 Å². The quantitative estimate of drug-likeness (QED) is 0.853. The molecule has 0 aliphatic carbocycles. The summed E-state index contributed by atoms with van der Waals surface area (Å²) >= 11 is 1.99. The lowest BCUT2D eigenvalue weighted by atomic mass is 10.3. The molecule has 1 N–H and O–H groups in total. The van der Waals surface area contributed by atoms with E-state index in [4.69, 9.17) is 4.98 Å². The van der Waals surface area contributed by atoms with Gasteiger partial charge in [0.2, 0.25) is 5.95 Å². The average Bonchev–Trinajstić information content (AvgIpc) is 2.62. The van der Waals surface area contributed by atoms with E-state index in [1.165, 1.54) is 0 Å². The van der Waals surface area contributed by atoms with Crippen LogP contribution in [0.4, 0.5) is 11.8 Å². The second-order valence-corrected chi connectivity index (χ2v) is 6.67. The first-order valence-electron chi connectivity index (χ1n) is 7.68. The van der Waals surface area contributed by atoms with Gasteiger partial charge in [0.05, 0.1) is 6.20 Å². The number of fused-ring (bicyclic) bond motifs is 1. The predicted molar refractivity (Wildman–Crippen MR) is 89.7 cm³/mol. The molecule has 2 aromatic heterocycles. The van der Waals surface area contributed by atoms with E-state index in [-0.39, 0.29) is 0 Å². The summed E-state index contributed by atoms with van der Waals surface area (Å²) in [5.74, 6) is 4.04. The van der Waals surface area contributed by atoms with Crippen molar-refractivity contribution in [1.29, 1.82) is 0 Å². The second kappa shape index (κ2) is 6.21. The number of hydrogen-bond donors (Lipinski definition) is 1. The van der Waals surface area contributed by atoms with Crippen LogP contribution in [-0.2, 0) is 0 Å². The fourth-order valence-electron chi connectivity index (χ4n) is 2.86. The first-order valence-corrected chi connectivity index (χ1v) is 8.83. The van der Waals surface area contributed by atoms with Crippen molar-refractivity contribution in [2.75, 3.05) is 60.6 Å². The molecule has 0 bridgehead atoms. The Hall–Kier alpha value is -1.67. The van der Waals surface area contributed by atoms with Crippen LogP contribution in [0.3, 0.4) is 0 Å². The Morgan fingerprint density at radius 3 is 2.64 bits per heavy atom. The molecule has 2 fully saturated rings. The Bertz CT molecular complexity index is 653. The summed E-state index contributed by atoms with van der Waals surface area (Å²) in [5, 5.41) is 3.36. The van der Waals surface area contributed by atoms with Crippen molar-refractivity contribution in [3.63, 3.8) is 0 Å². The SMILES string of the molecule is c1ncc2nc(N3CCNCC3)nc(N3CCSCC3)c2n1. The van der Waals surface area contributed by atoms with Crippen molar-refractivity contribution in [3.05, 3.63) is 12.5 Å². The van der Waals surface area contributed by atoms with Crippen LogP contribution in [-0.4, -0.2) is 70.7 Å². The smallest absolute Gasteiger partial charge is 0.228 e. The number of thioether (sulfide) groups is 1. The average molecular weight is 317 g/mol. The van der Waals surface area contributed by atoms with Gasteiger partial charge in [-0.3, -0.25) is 0 Å². The first-order chi connectivity index (χ1) is 10.9. The molecule has 116 valence electrons. The minimum absolute atomic E-state index is 0.803. The van der Waals surface area contributed by atoms with Crippen molar-refractivity contribution in [2.45, 2.75) is 0 Å². The van der Waals surface area contributed by atoms with Gasteiger partial charge in [-0.2, -0.15) is 16.7 Å². The molecule has 22 heavy (non-hydrogen) atoms. The summed E-state index contributed by atoms with van der Waals surface area (Å²) in [6, 6.07) is 0. The summed E-state index contributed by atoms with van der Waals surface area (Å²) < 4.78 is 0. The van der Waals surface area contributed by atoms with Gasteiger partial charge < -0.3 is 15.1 Å². The lowest BCUT2D eigenvalue weighted by Crippen LogP contribution is -2.44. The van der Waals surface area contributed by atoms with E-state index in [1.807, 2.05) is 11.8 Å². The molecule has 0 atom stereocenters. The molecule has 2 aliphatic rings. The maximum atomic E-state index is 4.86. The van der Waals surface area contributed by atoms with Gasteiger partial charge >= 0.3 is 0 Å². The molecule has 0 saturated carbocycles. The standard InChI is InChI=1S/C14H19N7S/c1-3-21(4-2-15-1)14-18-11-9-16-10-17-12(11)13(19-14)20-5-7-22-8-6-20/h9-10,15H,1-8H2. The van der Waals surface area contributed by atoms with Gasteiger partial charge in [-0.15, -0.1) is 0 Å². The van der Waals surface area contributed by atoms with Crippen LogP contribution >= 0.6 is 11.8 Å². The van der Waals surface area contributed by atoms with Gasteiger partial charge in [0.1, 0.15) is 17.4 Å². The number of rotatable bonds is 2. The first kappa shape index (κ1) is 14.0. The van der Waals surface area contributed by atoms with E-state index >= 15 is 0 Å². The monoisotopic (exact) mass is 317 g/mol. The zero-order chi connectivity index (χ0) is 14.8. The van der Waals surface area contributed by atoms with Crippen LogP contribution in [0.1, 0.15) is 0 Å². The second-order valence-electron chi connectivity index (χ2n) is 5.44. The molecule has 4 heterocycles. The Labute approximate surface area is 133 Å². The maximum Gasteiger partial charge on any atom is 0.228 e. The molecule has 0 spiro atoms. The number of aromatic nitrogens is 4. The molecule has 2 aliphatic heterocycles. The van der Waals surface area contributed by atoms with E-state index in [1.54, 1.807) is 12.5 Å². The Kier molecular flexibility index (Phi) is 3.94. The van der Waals surface area contributed by atoms with Crippen LogP contribution < -0.4 is 15.1 Å². The highest BCUT2D eigenvalue weighted by Crippen LogP contribution is 2.26. The molecule has 0 unspecified atom stereocenters. The van der Waals surface area contributed by atoms with Crippen LogP contribution in [0.25, 0.3) is 11.0 Å². The molecule has 0 amide bonds. The number of nitrogens with zero attached hydrogens (tertiary/aromatic N) is 6. The molecule has 0 radical (unpaired) electrons. The number of piperazine rings is 1. The van der Waals surface area contributed by atoms with Crippen LogP contribution in [0.5, 0.6) is 0 Å². The van der Waals surface area contributed by atoms with Crippen molar-refractivity contribution < 1.29 is 0 Å². The van der Waals surface area contributed by atoms with E-state index < -0.39 is 0 Å². The summed E-state index contributed by atoms with van der Waals surface area (Å²) in [7, 11) is 0. The number of nitrogens with one attached hydrogen (secondary N) is 1. The molecule has 2 aromatic rings. The van der Waals surface area contributed by atoms with E-state index in [2.05, 4.69) is 30.1 Å². The highest BCUT2D eigenvalue weighted by Gasteiger charge is 2.21. The largest absolute Gasteiger partial charge is 0.353 e. The van der Waals surface area contributed by atoms with Gasteiger partial charge in [0.25, 0.3) is 0 Å². The fraction of sp³-hybridized carbons (Fsp3) is 0.571. The summed E-state index contributed by atoms with van der Waals surface area (Å²) in [6.45, 7) is 5.86. The fourth-order valence-corrected chi connectivity index (χ4v) is 3.76. The molecule has 0 aromatic carbocycles.